The van der Waals surface area contributed by atoms with Crippen molar-refractivity contribution in [3.63, 3.8) is 0 Å². The Morgan fingerprint density at radius 2 is 1.91 bits per heavy atom. The first-order chi connectivity index (χ1) is 16.2. The van der Waals surface area contributed by atoms with Gasteiger partial charge in [0.15, 0.2) is 21.3 Å². The molecule has 35 heavy (non-hydrogen) atoms. The monoisotopic (exact) mass is 509 g/mol. The third kappa shape index (κ3) is 4.38. The maximum Gasteiger partial charge on any atom is 0.431 e. The van der Waals surface area contributed by atoms with Gasteiger partial charge in [-0.05, 0) is 32.8 Å². The fourth-order valence-corrected chi connectivity index (χ4v) is 4.83. The first kappa shape index (κ1) is 24.7. The Kier molecular flexibility index (Phi) is 5.71. The minimum atomic E-state index is -4.77. The van der Waals surface area contributed by atoms with E-state index in [9.17, 15) is 31.6 Å². The number of hydrogen-bond acceptors (Lipinski definition) is 7. The number of alkyl halides is 3. The van der Waals surface area contributed by atoms with Gasteiger partial charge in [0.1, 0.15) is 33.6 Å². The molecule has 186 valence electrons. The quantitative estimate of drug-likeness (QED) is 0.498. The van der Waals surface area contributed by atoms with Gasteiger partial charge in [0.05, 0.1) is 17.5 Å². The molecule has 0 amide bonds. The summed E-state index contributed by atoms with van der Waals surface area (Å²) in [5.74, 6) is -0.373. The molecule has 3 heterocycles. The van der Waals surface area contributed by atoms with Crippen LogP contribution in [0.3, 0.4) is 0 Å². The Bertz CT molecular complexity index is 1540. The van der Waals surface area contributed by atoms with Gasteiger partial charge in [-0.2, -0.15) is 18.4 Å². The minimum absolute atomic E-state index is 0.0153. The molecular weight excluding hydrogens is 487 g/mol. The summed E-state index contributed by atoms with van der Waals surface area (Å²) in [4.78, 5) is 21.2. The van der Waals surface area contributed by atoms with Crippen molar-refractivity contribution in [1.29, 1.82) is 5.26 Å². The lowest BCUT2D eigenvalue weighted by Crippen LogP contribution is -2.28. The topological polar surface area (TPSA) is 120 Å². The van der Waals surface area contributed by atoms with Gasteiger partial charge in [0, 0.05) is 19.2 Å². The highest BCUT2D eigenvalue weighted by atomic mass is 32.2. The molecule has 0 atom stereocenters. The third-order valence-corrected chi connectivity index (χ3v) is 7.42. The van der Waals surface area contributed by atoms with Gasteiger partial charge in [-0.25, -0.2) is 18.4 Å². The Labute approximate surface area is 198 Å². The second-order valence-corrected chi connectivity index (χ2v) is 11.1. The molecule has 1 fully saturated rings. The van der Waals surface area contributed by atoms with Crippen LogP contribution >= 0.6 is 0 Å². The molecule has 9 nitrogen and oxygen atoms in total. The Hall–Kier alpha value is -3.40. The van der Waals surface area contributed by atoms with Crippen molar-refractivity contribution in [3.8, 4) is 23.3 Å². The highest BCUT2D eigenvalue weighted by Crippen LogP contribution is 2.40. The molecule has 0 unspecified atom stereocenters. The number of halogens is 3. The number of nitrogens with zero attached hydrogens (tertiary/aromatic N) is 5. The molecule has 13 heteroatoms. The molecule has 4 rings (SSSR count). The van der Waals surface area contributed by atoms with Gasteiger partial charge in [0.2, 0.25) is 0 Å². The number of nitriles is 1. The van der Waals surface area contributed by atoms with Crippen molar-refractivity contribution in [3.05, 3.63) is 34.4 Å². The zero-order valence-corrected chi connectivity index (χ0v) is 20.2. The normalized spacial score (nSPS) is 14.8. The van der Waals surface area contributed by atoms with Crippen molar-refractivity contribution in [2.24, 2.45) is 7.05 Å². The van der Waals surface area contributed by atoms with Crippen molar-refractivity contribution < 1.29 is 26.3 Å². The molecule has 0 saturated heterocycles. The second-order valence-electron chi connectivity index (χ2n) is 8.81. The summed E-state index contributed by atoms with van der Waals surface area (Å²) >= 11 is 0. The van der Waals surface area contributed by atoms with E-state index in [0.717, 1.165) is 10.6 Å². The van der Waals surface area contributed by atoms with Gasteiger partial charge in [-0.1, -0.05) is 6.92 Å². The van der Waals surface area contributed by atoms with Crippen molar-refractivity contribution in [1.82, 2.24) is 19.1 Å². The summed E-state index contributed by atoms with van der Waals surface area (Å²) in [5.41, 5.74) is -3.67. The zero-order chi connectivity index (χ0) is 25.9. The number of hydrogen-bond donors (Lipinski definition) is 0. The van der Waals surface area contributed by atoms with Crippen molar-refractivity contribution in [2.45, 2.75) is 56.3 Å². The van der Waals surface area contributed by atoms with Gasteiger partial charge >= 0.3 is 6.18 Å². The summed E-state index contributed by atoms with van der Waals surface area (Å²) in [6.07, 6.45) is -2.65. The molecule has 1 saturated carbocycles. The molecule has 0 radical (unpaired) electrons. The van der Waals surface area contributed by atoms with Crippen LogP contribution in [0.4, 0.5) is 13.2 Å². The number of aryl methyl sites for hydroxylation is 1. The van der Waals surface area contributed by atoms with Gasteiger partial charge < -0.3 is 9.30 Å². The average molecular weight is 510 g/mol. The summed E-state index contributed by atoms with van der Waals surface area (Å²) in [6.45, 7) is 4.40. The van der Waals surface area contributed by atoms with Crippen LogP contribution in [-0.2, 0) is 23.1 Å². The van der Waals surface area contributed by atoms with Crippen LogP contribution in [0, 0.1) is 11.3 Å². The Balaban J connectivity index is 1.99. The molecule has 3 aromatic heterocycles. The number of ether oxygens (including phenoxy) is 1. The van der Waals surface area contributed by atoms with E-state index < -0.39 is 38.9 Å². The van der Waals surface area contributed by atoms with Gasteiger partial charge in [-0.15, -0.1) is 0 Å². The molecule has 3 aromatic rings. The van der Waals surface area contributed by atoms with Gasteiger partial charge in [-0.3, -0.25) is 9.36 Å². The van der Waals surface area contributed by atoms with Crippen LogP contribution in [0.15, 0.2) is 28.0 Å². The van der Waals surface area contributed by atoms with E-state index in [1.54, 1.807) is 0 Å². The molecule has 0 aromatic carbocycles. The van der Waals surface area contributed by atoms with Crippen LogP contribution in [0.5, 0.6) is 5.75 Å². The predicted octanol–water partition coefficient (Wildman–Crippen LogP) is 3.63. The van der Waals surface area contributed by atoms with E-state index >= 15 is 0 Å². The Morgan fingerprint density at radius 1 is 1.26 bits per heavy atom. The molecule has 0 N–H and O–H groups in total. The minimum Gasteiger partial charge on any atom is -0.471 e. The second kappa shape index (κ2) is 8.08. The van der Waals surface area contributed by atoms with E-state index in [1.807, 2.05) is 6.07 Å². The fourth-order valence-electron chi connectivity index (χ4n) is 3.78. The predicted molar refractivity (Wildman–Crippen MR) is 120 cm³/mol. The first-order valence-electron chi connectivity index (χ1n) is 10.7. The van der Waals surface area contributed by atoms with Crippen LogP contribution in [0.2, 0.25) is 0 Å². The van der Waals surface area contributed by atoms with Crippen molar-refractivity contribution >= 4 is 20.9 Å². The number of imidazole rings is 1. The van der Waals surface area contributed by atoms with E-state index in [0.29, 0.717) is 12.8 Å². The summed E-state index contributed by atoms with van der Waals surface area (Å²) in [7, 11) is -2.49. The van der Waals surface area contributed by atoms with Gasteiger partial charge in [0.25, 0.3) is 5.56 Å². The summed E-state index contributed by atoms with van der Waals surface area (Å²) in [5, 5.41) is 9.21. The van der Waals surface area contributed by atoms with Crippen molar-refractivity contribution in [2.75, 3.05) is 5.75 Å². The van der Waals surface area contributed by atoms with E-state index in [-0.39, 0.29) is 38.9 Å². The fraction of sp³-hybridized carbons (Fsp3) is 0.455. The first-order valence-corrected chi connectivity index (χ1v) is 12.4. The van der Waals surface area contributed by atoms with E-state index in [1.165, 1.54) is 44.6 Å². The highest BCUT2D eigenvalue weighted by Gasteiger charge is 2.40. The number of aromatic nitrogens is 4. The number of pyridine rings is 2. The molecule has 0 aliphatic heterocycles. The molecule has 1 aliphatic rings. The van der Waals surface area contributed by atoms with Crippen LogP contribution in [-0.4, -0.2) is 38.9 Å². The van der Waals surface area contributed by atoms with E-state index in [2.05, 4.69) is 9.97 Å². The highest BCUT2D eigenvalue weighted by molar-refractivity contribution is 7.91. The molecule has 0 spiro atoms. The van der Waals surface area contributed by atoms with Crippen LogP contribution < -0.4 is 10.3 Å². The number of fused-ring (bicyclic) bond motifs is 1. The molecule has 0 bridgehead atoms. The maximum atomic E-state index is 13.7. The van der Waals surface area contributed by atoms with E-state index in [4.69, 9.17) is 4.74 Å². The zero-order valence-electron chi connectivity index (χ0n) is 19.3. The number of rotatable bonds is 6. The van der Waals surface area contributed by atoms with Crippen LogP contribution in [0.1, 0.15) is 45.3 Å². The lowest BCUT2D eigenvalue weighted by Gasteiger charge is -2.19. The largest absolute Gasteiger partial charge is 0.471 e. The lowest BCUT2D eigenvalue weighted by molar-refractivity contribution is -0.144. The summed E-state index contributed by atoms with van der Waals surface area (Å²) in [6, 6.07) is 3.39. The summed E-state index contributed by atoms with van der Waals surface area (Å²) < 4.78 is 74.5. The maximum absolute atomic E-state index is 13.7. The standard InChI is InChI=1S/C22H22F3N5O4S/c1-5-35(32,33)15-8-13(34-21(2,3)11-26)10-27-17(15)19-28-14-9-16(22(23,24)25)30(12-6-7-12)20(31)18(14)29(19)4/h8-10,12H,5-7H2,1-4H3. The number of sulfone groups is 1. The smallest absolute Gasteiger partial charge is 0.431 e. The molecule has 1 aliphatic carbocycles. The Morgan fingerprint density at radius 3 is 2.46 bits per heavy atom. The lowest BCUT2D eigenvalue weighted by atomic mass is 10.2. The third-order valence-electron chi connectivity index (χ3n) is 5.68. The SMILES string of the molecule is CCS(=O)(=O)c1cc(OC(C)(C)C#N)cnc1-c1nc2cc(C(F)(F)F)n(C3CC3)c(=O)c2n1C. The molecular formula is C22H22F3N5O4S. The van der Waals surface area contributed by atoms with Crippen LogP contribution in [0.25, 0.3) is 22.6 Å². The average Bonchev–Trinajstić information content (AvgIpc) is 3.55.